The van der Waals surface area contributed by atoms with Crippen molar-refractivity contribution >= 4 is 0 Å². The summed E-state index contributed by atoms with van der Waals surface area (Å²) in [6, 6.07) is 2.77. The van der Waals surface area contributed by atoms with Gasteiger partial charge in [-0.3, -0.25) is 0 Å². The molecule has 1 aliphatic carbocycles. The Morgan fingerprint density at radius 2 is 2.24 bits per heavy atom. The molecule has 0 spiro atoms. The maximum atomic E-state index is 10.3. The fraction of sp³-hybridized carbons (Fsp3) is 0.929. The fourth-order valence-corrected chi connectivity index (χ4v) is 2.46. The standard InChI is InChI=1S/C14H26N2O/c1-4-11(2)14(3,17)10-16-13-7-5-6-12(8-13)9-15/h11-13,16-17H,4-8,10H2,1-3H3. The summed E-state index contributed by atoms with van der Waals surface area (Å²) >= 11 is 0. The van der Waals surface area contributed by atoms with Gasteiger partial charge in [0.2, 0.25) is 0 Å². The van der Waals surface area contributed by atoms with E-state index in [0.29, 0.717) is 18.5 Å². The number of hydrogen-bond acceptors (Lipinski definition) is 3. The van der Waals surface area contributed by atoms with Crippen LogP contribution in [0.2, 0.25) is 0 Å². The molecule has 0 bridgehead atoms. The molecular weight excluding hydrogens is 212 g/mol. The van der Waals surface area contributed by atoms with Crippen LogP contribution in [0, 0.1) is 23.2 Å². The van der Waals surface area contributed by atoms with Gasteiger partial charge in [-0.1, -0.05) is 26.7 Å². The number of nitrogens with zero attached hydrogens (tertiary/aromatic N) is 1. The van der Waals surface area contributed by atoms with E-state index >= 15 is 0 Å². The Balaban J connectivity index is 2.37. The zero-order chi connectivity index (χ0) is 12.9. The number of hydrogen-bond donors (Lipinski definition) is 2. The quantitative estimate of drug-likeness (QED) is 0.773. The van der Waals surface area contributed by atoms with Crippen molar-refractivity contribution in [1.29, 1.82) is 5.26 Å². The van der Waals surface area contributed by atoms with Crippen LogP contribution in [-0.2, 0) is 0 Å². The second-order valence-corrected chi connectivity index (χ2v) is 5.74. The zero-order valence-corrected chi connectivity index (χ0v) is 11.4. The predicted octanol–water partition coefficient (Wildman–Crippen LogP) is 2.46. The van der Waals surface area contributed by atoms with Crippen molar-refractivity contribution in [3.8, 4) is 6.07 Å². The van der Waals surface area contributed by atoms with Crippen molar-refractivity contribution in [2.75, 3.05) is 6.54 Å². The first-order chi connectivity index (χ1) is 7.99. The molecule has 17 heavy (non-hydrogen) atoms. The second-order valence-electron chi connectivity index (χ2n) is 5.74. The first-order valence-corrected chi connectivity index (χ1v) is 6.85. The molecule has 0 amide bonds. The fourth-order valence-electron chi connectivity index (χ4n) is 2.46. The van der Waals surface area contributed by atoms with E-state index in [2.05, 4.69) is 25.2 Å². The molecular formula is C14H26N2O. The molecule has 1 aliphatic rings. The Morgan fingerprint density at radius 1 is 1.53 bits per heavy atom. The highest BCUT2D eigenvalue weighted by molar-refractivity contribution is 4.91. The van der Waals surface area contributed by atoms with E-state index in [0.717, 1.165) is 32.1 Å². The van der Waals surface area contributed by atoms with Crippen molar-refractivity contribution in [2.24, 2.45) is 11.8 Å². The van der Waals surface area contributed by atoms with Crippen LogP contribution in [0.3, 0.4) is 0 Å². The van der Waals surface area contributed by atoms with Gasteiger partial charge in [0.25, 0.3) is 0 Å². The summed E-state index contributed by atoms with van der Waals surface area (Å²) in [4.78, 5) is 0. The Morgan fingerprint density at radius 3 is 2.82 bits per heavy atom. The van der Waals surface area contributed by atoms with E-state index in [9.17, 15) is 5.11 Å². The lowest BCUT2D eigenvalue weighted by atomic mass is 9.85. The van der Waals surface area contributed by atoms with Crippen LogP contribution in [0.1, 0.15) is 52.9 Å². The van der Waals surface area contributed by atoms with Gasteiger partial charge in [-0.2, -0.15) is 5.26 Å². The Kier molecular flexibility index (Phi) is 5.42. The van der Waals surface area contributed by atoms with Crippen LogP contribution in [0.5, 0.6) is 0 Å². The van der Waals surface area contributed by atoms with Gasteiger partial charge in [0, 0.05) is 18.5 Å². The van der Waals surface area contributed by atoms with E-state index in [1.807, 2.05) is 6.92 Å². The highest BCUT2D eigenvalue weighted by atomic mass is 16.3. The van der Waals surface area contributed by atoms with E-state index in [1.54, 1.807) is 0 Å². The lowest BCUT2D eigenvalue weighted by Gasteiger charge is -2.34. The molecule has 0 saturated heterocycles. The lowest BCUT2D eigenvalue weighted by molar-refractivity contribution is 0.00196. The van der Waals surface area contributed by atoms with Gasteiger partial charge in [-0.25, -0.2) is 0 Å². The summed E-state index contributed by atoms with van der Waals surface area (Å²) in [5, 5.41) is 22.7. The molecule has 0 aromatic heterocycles. The maximum absolute atomic E-state index is 10.3. The van der Waals surface area contributed by atoms with Crippen molar-refractivity contribution in [2.45, 2.75) is 64.5 Å². The van der Waals surface area contributed by atoms with Crippen LogP contribution in [0.4, 0.5) is 0 Å². The molecule has 4 atom stereocenters. The molecule has 4 unspecified atom stereocenters. The largest absolute Gasteiger partial charge is 0.389 e. The minimum Gasteiger partial charge on any atom is -0.389 e. The topological polar surface area (TPSA) is 56.0 Å². The number of nitrogens with one attached hydrogen (secondary N) is 1. The second kappa shape index (κ2) is 6.37. The summed E-state index contributed by atoms with van der Waals surface area (Å²) in [5.41, 5.74) is -0.645. The van der Waals surface area contributed by atoms with Crippen LogP contribution < -0.4 is 5.32 Å². The highest BCUT2D eigenvalue weighted by Gasteiger charge is 2.29. The van der Waals surface area contributed by atoms with Crippen LogP contribution >= 0.6 is 0 Å². The molecule has 2 N–H and O–H groups in total. The molecule has 3 nitrogen and oxygen atoms in total. The van der Waals surface area contributed by atoms with Crippen molar-refractivity contribution in [3.63, 3.8) is 0 Å². The molecule has 0 aromatic rings. The van der Waals surface area contributed by atoms with Crippen molar-refractivity contribution in [3.05, 3.63) is 0 Å². The van der Waals surface area contributed by atoms with E-state index in [4.69, 9.17) is 5.26 Å². The predicted molar refractivity (Wildman–Crippen MR) is 69.4 cm³/mol. The van der Waals surface area contributed by atoms with Gasteiger partial charge in [0.05, 0.1) is 11.7 Å². The zero-order valence-electron chi connectivity index (χ0n) is 11.4. The average molecular weight is 238 g/mol. The van der Waals surface area contributed by atoms with E-state index in [-0.39, 0.29) is 5.92 Å². The SMILES string of the molecule is CCC(C)C(C)(O)CNC1CCCC(C#N)C1. The van der Waals surface area contributed by atoms with Gasteiger partial charge < -0.3 is 10.4 Å². The van der Waals surface area contributed by atoms with Crippen molar-refractivity contribution < 1.29 is 5.11 Å². The molecule has 1 fully saturated rings. The minimum atomic E-state index is -0.645. The van der Waals surface area contributed by atoms with Crippen LogP contribution in [0.25, 0.3) is 0 Å². The summed E-state index contributed by atoms with van der Waals surface area (Å²) in [5.74, 6) is 0.500. The van der Waals surface area contributed by atoms with Gasteiger partial charge in [-0.05, 0) is 32.1 Å². The summed E-state index contributed by atoms with van der Waals surface area (Å²) in [6.07, 6.45) is 5.22. The maximum Gasteiger partial charge on any atom is 0.0768 e. The summed E-state index contributed by atoms with van der Waals surface area (Å²) in [6.45, 7) is 6.72. The smallest absolute Gasteiger partial charge is 0.0768 e. The Bertz CT molecular complexity index is 270. The average Bonchev–Trinajstić information content (AvgIpc) is 2.35. The van der Waals surface area contributed by atoms with E-state index in [1.165, 1.54) is 0 Å². The molecule has 0 aromatic carbocycles. The normalized spacial score (nSPS) is 30.3. The highest BCUT2D eigenvalue weighted by Crippen LogP contribution is 2.25. The molecule has 1 saturated carbocycles. The molecule has 98 valence electrons. The number of rotatable bonds is 5. The first kappa shape index (κ1) is 14.5. The number of nitriles is 1. The Hall–Kier alpha value is -0.590. The van der Waals surface area contributed by atoms with Crippen molar-refractivity contribution in [1.82, 2.24) is 5.32 Å². The van der Waals surface area contributed by atoms with Gasteiger partial charge in [-0.15, -0.1) is 0 Å². The molecule has 0 aliphatic heterocycles. The molecule has 3 heteroatoms. The van der Waals surface area contributed by atoms with Crippen LogP contribution in [0.15, 0.2) is 0 Å². The van der Waals surface area contributed by atoms with E-state index < -0.39 is 5.60 Å². The summed E-state index contributed by atoms with van der Waals surface area (Å²) < 4.78 is 0. The van der Waals surface area contributed by atoms with Gasteiger partial charge in [0.15, 0.2) is 0 Å². The van der Waals surface area contributed by atoms with Gasteiger partial charge >= 0.3 is 0 Å². The third kappa shape index (κ3) is 4.29. The molecule has 1 rings (SSSR count). The third-order valence-corrected chi connectivity index (χ3v) is 4.28. The Labute approximate surface area is 105 Å². The lowest BCUT2D eigenvalue weighted by Crippen LogP contribution is -2.47. The summed E-state index contributed by atoms with van der Waals surface area (Å²) in [7, 11) is 0. The van der Waals surface area contributed by atoms with Crippen LogP contribution in [-0.4, -0.2) is 23.3 Å². The minimum absolute atomic E-state index is 0.204. The number of aliphatic hydroxyl groups is 1. The third-order valence-electron chi connectivity index (χ3n) is 4.28. The molecule has 0 heterocycles. The van der Waals surface area contributed by atoms with Gasteiger partial charge in [0.1, 0.15) is 0 Å². The first-order valence-electron chi connectivity index (χ1n) is 6.85. The monoisotopic (exact) mass is 238 g/mol. The molecule has 0 radical (unpaired) electrons.